The molecular weight excluding hydrogens is 273 g/mol. The van der Waals surface area contributed by atoms with E-state index < -0.39 is 34.8 Å². The van der Waals surface area contributed by atoms with Crippen molar-refractivity contribution in [3.05, 3.63) is 57.8 Å². The first-order chi connectivity index (χ1) is 9.50. The minimum Gasteiger partial charge on any atom is -0.478 e. The number of carboxylic acids is 1. The molecule has 1 aromatic heterocycles. The van der Waals surface area contributed by atoms with E-state index in [4.69, 9.17) is 14.3 Å². The number of carboxylic acid groups (broad SMARTS) is 1. The summed E-state index contributed by atoms with van der Waals surface area (Å²) >= 11 is 0. The second kappa shape index (κ2) is 5.39. The molecule has 20 heavy (non-hydrogen) atoms. The van der Waals surface area contributed by atoms with Gasteiger partial charge in [-0.1, -0.05) is 6.07 Å². The molecule has 104 valence electrons. The Balaban J connectivity index is 2.25. The number of nitrogens with zero attached hydrogens (tertiary/aromatic N) is 1. The van der Waals surface area contributed by atoms with Crippen molar-refractivity contribution in [2.24, 2.45) is 0 Å². The van der Waals surface area contributed by atoms with Crippen molar-refractivity contribution in [2.75, 3.05) is 0 Å². The highest BCUT2D eigenvalue weighted by Gasteiger charge is 2.21. The van der Waals surface area contributed by atoms with Gasteiger partial charge >= 0.3 is 11.7 Å². The lowest BCUT2D eigenvalue weighted by atomic mass is 10.2. The second-order valence-corrected chi connectivity index (χ2v) is 3.70. The monoisotopic (exact) mass is 281 g/mol. The van der Waals surface area contributed by atoms with Crippen molar-refractivity contribution in [1.29, 1.82) is 0 Å². The lowest BCUT2D eigenvalue weighted by Crippen LogP contribution is -2.05. The maximum atomic E-state index is 13.5. The van der Waals surface area contributed by atoms with Crippen molar-refractivity contribution in [2.45, 2.75) is 6.61 Å². The van der Waals surface area contributed by atoms with Crippen LogP contribution in [0.15, 0.2) is 34.9 Å². The zero-order valence-corrected chi connectivity index (χ0v) is 9.91. The largest absolute Gasteiger partial charge is 0.478 e. The number of para-hydroxylation sites is 1. The predicted octanol–water partition coefficient (Wildman–Crippen LogP) is 2.60. The Bertz CT molecular complexity index is 666. The van der Waals surface area contributed by atoms with Crippen LogP contribution in [0.5, 0.6) is 5.75 Å². The first-order valence-corrected chi connectivity index (χ1v) is 5.36. The van der Waals surface area contributed by atoms with E-state index in [-0.39, 0.29) is 11.3 Å². The Kier molecular flexibility index (Phi) is 3.65. The van der Waals surface area contributed by atoms with Crippen LogP contribution < -0.4 is 4.74 Å². The lowest BCUT2D eigenvalue weighted by Gasteiger charge is -2.06. The number of nitro benzene ring substituents is 1. The van der Waals surface area contributed by atoms with Gasteiger partial charge in [-0.25, -0.2) is 9.18 Å². The molecule has 0 spiro atoms. The van der Waals surface area contributed by atoms with E-state index in [0.717, 1.165) is 18.4 Å². The molecule has 0 amide bonds. The number of halogens is 1. The Morgan fingerprint density at radius 2 is 2.20 bits per heavy atom. The van der Waals surface area contributed by atoms with Crippen LogP contribution in [0, 0.1) is 15.9 Å². The van der Waals surface area contributed by atoms with E-state index in [1.54, 1.807) is 0 Å². The summed E-state index contributed by atoms with van der Waals surface area (Å²) in [6.07, 6.45) is 1.14. The highest BCUT2D eigenvalue weighted by molar-refractivity contribution is 5.88. The van der Waals surface area contributed by atoms with E-state index in [0.29, 0.717) is 0 Å². The first-order valence-electron chi connectivity index (χ1n) is 5.36. The van der Waals surface area contributed by atoms with Crippen LogP contribution in [-0.4, -0.2) is 16.0 Å². The zero-order chi connectivity index (χ0) is 14.7. The van der Waals surface area contributed by atoms with Gasteiger partial charge in [-0.15, -0.1) is 0 Å². The highest BCUT2D eigenvalue weighted by atomic mass is 19.1. The zero-order valence-electron chi connectivity index (χ0n) is 9.91. The van der Waals surface area contributed by atoms with Crippen LogP contribution in [0.3, 0.4) is 0 Å². The van der Waals surface area contributed by atoms with Gasteiger partial charge in [-0.3, -0.25) is 10.1 Å². The first kappa shape index (κ1) is 13.5. The maximum Gasteiger partial charge on any atom is 0.339 e. The molecule has 0 bridgehead atoms. The van der Waals surface area contributed by atoms with Gasteiger partial charge in [0.25, 0.3) is 0 Å². The van der Waals surface area contributed by atoms with Gasteiger partial charge in [0.1, 0.15) is 12.2 Å². The number of aromatic carboxylic acids is 1. The van der Waals surface area contributed by atoms with E-state index in [1.807, 2.05) is 0 Å². The van der Waals surface area contributed by atoms with E-state index in [2.05, 4.69) is 0 Å². The number of hydrogen-bond donors (Lipinski definition) is 1. The van der Waals surface area contributed by atoms with Crippen LogP contribution in [0.25, 0.3) is 0 Å². The van der Waals surface area contributed by atoms with Crippen LogP contribution in [0.4, 0.5) is 10.1 Å². The summed E-state index contributed by atoms with van der Waals surface area (Å²) in [7, 11) is 0. The van der Waals surface area contributed by atoms with Crippen molar-refractivity contribution in [3.8, 4) is 5.75 Å². The van der Waals surface area contributed by atoms with Crippen molar-refractivity contribution >= 4 is 11.7 Å². The molecule has 0 saturated carbocycles. The third-order valence-corrected chi connectivity index (χ3v) is 2.47. The van der Waals surface area contributed by atoms with Gasteiger partial charge in [0.15, 0.2) is 11.6 Å². The SMILES string of the molecule is O=C(O)c1ccoc1COc1c(F)cccc1[N+](=O)[O-]. The van der Waals surface area contributed by atoms with Gasteiger partial charge in [-0.2, -0.15) is 0 Å². The summed E-state index contributed by atoms with van der Waals surface area (Å²) in [4.78, 5) is 20.8. The Morgan fingerprint density at radius 1 is 1.45 bits per heavy atom. The normalized spacial score (nSPS) is 10.2. The molecule has 0 unspecified atom stereocenters. The maximum absolute atomic E-state index is 13.5. The Hall–Kier alpha value is -2.90. The molecule has 0 radical (unpaired) electrons. The molecule has 1 N–H and O–H groups in total. The third kappa shape index (κ3) is 2.58. The molecule has 2 aromatic rings. The van der Waals surface area contributed by atoms with Crippen molar-refractivity contribution < 1.29 is 28.4 Å². The smallest absolute Gasteiger partial charge is 0.339 e. The average molecular weight is 281 g/mol. The topological polar surface area (TPSA) is 103 Å². The Labute approximate surface area is 111 Å². The molecule has 0 aliphatic heterocycles. The van der Waals surface area contributed by atoms with E-state index in [1.165, 1.54) is 12.1 Å². The van der Waals surface area contributed by atoms with Crippen LogP contribution >= 0.6 is 0 Å². The number of nitro groups is 1. The predicted molar refractivity (Wildman–Crippen MR) is 63.1 cm³/mol. The lowest BCUT2D eigenvalue weighted by molar-refractivity contribution is -0.386. The molecule has 1 aromatic carbocycles. The van der Waals surface area contributed by atoms with Crippen LogP contribution in [0.2, 0.25) is 0 Å². The van der Waals surface area contributed by atoms with Crippen molar-refractivity contribution in [1.82, 2.24) is 0 Å². The summed E-state index contributed by atoms with van der Waals surface area (Å²) in [6, 6.07) is 4.47. The fraction of sp³-hybridized carbons (Fsp3) is 0.0833. The standard InChI is InChI=1S/C12H8FNO6/c13-8-2-1-3-9(14(17)18)11(8)20-6-10-7(12(15)16)4-5-19-10/h1-5H,6H2,(H,15,16). The summed E-state index contributed by atoms with van der Waals surface area (Å²) in [6.45, 7) is -0.434. The molecule has 0 saturated heterocycles. The second-order valence-electron chi connectivity index (χ2n) is 3.70. The quantitative estimate of drug-likeness (QED) is 0.667. The van der Waals surface area contributed by atoms with Gasteiger partial charge in [0.05, 0.1) is 11.2 Å². The van der Waals surface area contributed by atoms with E-state index >= 15 is 0 Å². The fourth-order valence-corrected chi connectivity index (χ4v) is 1.56. The van der Waals surface area contributed by atoms with Gasteiger partial charge in [0.2, 0.25) is 5.75 Å². The van der Waals surface area contributed by atoms with Crippen LogP contribution in [0.1, 0.15) is 16.1 Å². The summed E-state index contributed by atoms with van der Waals surface area (Å²) in [5, 5.41) is 19.6. The molecular formula is C12H8FNO6. The number of ether oxygens (including phenoxy) is 1. The molecule has 0 aliphatic rings. The number of benzene rings is 1. The molecule has 0 aliphatic carbocycles. The van der Waals surface area contributed by atoms with Gasteiger partial charge < -0.3 is 14.3 Å². The molecule has 7 nitrogen and oxygen atoms in total. The average Bonchev–Trinajstić information content (AvgIpc) is 2.85. The molecule has 8 heteroatoms. The summed E-state index contributed by atoms with van der Waals surface area (Å²) in [5.74, 6) is -2.77. The fourth-order valence-electron chi connectivity index (χ4n) is 1.56. The third-order valence-electron chi connectivity index (χ3n) is 2.47. The Morgan fingerprint density at radius 3 is 2.85 bits per heavy atom. The van der Waals surface area contributed by atoms with Gasteiger partial charge in [-0.05, 0) is 12.1 Å². The number of carbonyl (C=O) groups is 1. The van der Waals surface area contributed by atoms with E-state index in [9.17, 15) is 19.3 Å². The minimum absolute atomic E-state index is 0.0601. The van der Waals surface area contributed by atoms with Gasteiger partial charge in [0, 0.05) is 6.07 Å². The molecule has 1 heterocycles. The molecule has 0 atom stereocenters. The minimum atomic E-state index is -1.24. The summed E-state index contributed by atoms with van der Waals surface area (Å²) in [5.41, 5.74) is -0.697. The molecule has 2 rings (SSSR count). The molecule has 0 fully saturated rings. The number of rotatable bonds is 5. The highest BCUT2D eigenvalue weighted by Crippen LogP contribution is 2.30. The van der Waals surface area contributed by atoms with Crippen LogP contribution in [-0.2, 0) is 6.61 Å². The summed E-state index contributed by atoms with van der Waals surface area (Å²) < 4.78 is 23.4. The number of hydrogen-bond acceptors (Lipinski definition) is 5. The van der Waals surface area contributed by atoms with Crippen molar-refractivity contribution in [3.63, 3.8) is 0 Å². The number of furan rings is 1.